The van der Waals surface area contributed by atoms with Gasteiger partial charge in [0.15, 0.2) is 0 Å². The second kappa shape index (κ2) is 8.29. The number of benzene rings is 2. The number of ether oxygens (including phenoxy) is 2. The van der Waals surface area contributed by atoms with Crippen molar-refractivity contribution in [2.75, 3.05) is 6.61 Å². The Balaban J connectivity index is 2.00. The largest absolute Gasteiger partial charge is 0.462 e. The predicted octanol–water partition coefficient (Wildman–Crippen LogP) is 4.48. The molecule has 0 aliphatic carbocycles. The van der Waals surface area contributed by atoms with Crippen molar-refractivity contribution >= 4 is 11.9 Å². The van der Waals surface area contributed by atoms with Gasteiger partial charge in [0.2, 0.25) is 0 Å². The number of hydrogen-bond acceptors (Lipinski definition) is 4. The highest BCUT2D eigenvalue weighted by molar-refractivity contribution is 5.90. The molecule has 0 bridgehead atoms. The second-order valence-electron chi connectivity index (χ2n) is 6.01. The first-order valence-corrected chi connectivity index (χ1v) is 8.01. The summed E-state index contributed by atoms with van der Waals surface area (Å²) in [5.74, 6) is 0.377. The molecule has 0 spiro atoms. The van der Waals surface area contributed by atoms with Crippen LogP contribution in [0, 0.1) is 5.92 Å². The second-order valence-corrected chi connectivity index (χ2v) is 6.01. The summed E-state index contributed by atoms with van der Waals surface area (Å²) in [7, 11) is 0. The third-order valence-electron chi connectivity index (χ3n) is 3.50. The first-order valence-electron chi connectivity index (χ1n) is 8.01. The zero-order valence-corrected chi connectivity index (χ0v) is 14.2. The molecule has 0 heterocycles. The van der Waals surface area contributed by atoms with E-state index in [9.17, 15) is 9.59 Å². The van der Waals surface area contributed by atoms with Crippen molar-refractivity contribution in [2.45, 2.75) is 27.2 Å². The van der Waals surface area contributed by atoms with E-state index in [1.165, 1.54) is 6.92 Å². The van der Waals surface area contributed by atoms with Gasteiger partial charge in [-0.2, -0.15) is 0 Å². The van der Waals surface area contributed by atoms with Crippen LogP contribution in [0.1, 0.15) is 37.6 Å². The molecule has 2 rings (SSSR count). The minimum absolute atomic E-state index is 0.299. The zero-order valence-electron chi connectivity index (χ0n) is 14.2. The van der Waals surface area contributed by atoms with Gasteiger partial charge >= 0.3 is 11.9 Å². The molecular weight excluding hydrogens is 304 g/mol. The van der Waals surface area contributed by atoms with E-state index in [-0.39, 0.29) is 11.9 Å². The van der Waals surface area contributed by atoms with Gasteiger partial charge in [0, 0.05) is 6.92 Å². The van der Waals surface area contributed by atoms with E-state index in [1.807, 2.05) is 24.3 Å². The third kappa shape index (κ3) is 5.23. The van der Waals surface area contributed by atoms with Gasteiger partial charge in [-0.1, -0.05) is 38.1 Å². The fourth-order valence-electron chi connectivity index (χ4n) is 2.15. The molecule has 0 fully saturated rings. The maximum absolute atomic E-state index is 12.0. The molecule has 0 aliphatic rings. The summed E-state index contributed by atoms with van der Waals surface area (Å²) in [6.45, 7) is 5.99. The first-order chi connectivity index (χ1) is 11.5. The van der Waals surface area contributed by atoms with Crippen LogP contribution in [0.25, 0.3) is 11.1 Å². The Morgan fingerprint density at radius 2 is 1.46 bits per heavy atom. The Morgan fingerprint density at radius 1 is 0.917 bits per heavy atom. The van der Waals surface area contributed by atoms with Gasteiger partial charge in [-0.15, -0.1) is 0 Å². The summed E-state index contributed by atoms with van der Waals surface area (Å²) in [6, 6.07) is 14.5. The molecule has 0 radical (unpaired) electrons. The van der Waals surface area contributed by atoms with Crippen molar-refractivity contribution in [3.05, 3.63) is 54.1 Å². The van der Waals surface area contributed by atoms with Crippen LogP contribution in [0.15, 0.2) is 48.5 Å². The molecule has 0 aromatic heterocycles. The van der Waals surface area contributed by atoms with Gasteiger partial charge in [-0.25, -0.2) is 4.79 Å². The molecule has 2 aromatic rings. The van der Waals surface area contributed by atoms with Crippen LogP contribution in [0.3, 0.4) is 0 Å². The molecule has 4 heteroatoms. The first kappa shape index (κ1) is 17.7. The summed E-state index contributed by atoms with van der Waals surface area (Å²) in [5, 5.41) is 0. The molecular formula is C20H22O4. The van der Waals surface area contributed by atoms with Crippen molar-refractivity contribution in [1.29, 1.82) is 0 Å². The molecule has 0 saturated carbocycles. The minimum Gasteiger partial charge on any atom is -0.462 e. The summed E-state index contributed by atoms with van der Waals surface area (Å²) in [4.78, 5) is 22.9. The SMILES string of the molecule is CC(=O)Oc1ccc(-c2ccc(C(=O)OCCC(C)C)cc2)cc1. The van der Waals surface area contributed by atoms with Gasteiger partial charge in [-0.3, -0.25) is 4.79 Å². The van der Waals surface area contributed by atoms with E-state index in [0.29, 0.717) is 23.8 Å². The average Bonchev–Trinajstić information content (AvgIpc) is 2.55. The van der Waals surface area contributed by atoms with Crippen molar-refractivity contribution in [3.8, 4) is 16.9 Å². The number of hydrogen-bond donors (Lipinski definition) is 0. The van der Waals surface area contributed by atoms with E-state index in [0.717, 1.165) is 17.5 Å². The molecule has 2 aromatic carbocycles. The van der Waals surface area contributed by atoms with Crippen LogP contribution in [0.4, 0.5) is 0 Å². The fraction of sp³-hybridized carbons (Fsp3) is 0.300. The van der Waals surface area contributed by atoms with Crippen LogP contribution in [0.5, 0.6) is 5.75 Å². The molecule has 0 aliphatic heterocycles. The normalized spacial score (nSPS) is 10.5. The summed E-state index contributed by atoms with van der Waals surface area (Å²) < 4.78 is 10.3. The molecule has 0 N–H and O–H groups in total. The Hall–Kier alpha value is -2.62. The van der Waals surface area contributed by atoms with Gasteiger partial charge in [0.05, 0.1) is 12.2 Å². The lowest BCUT2D eigenvalue weighted by atomic mass is 10.0. The summed E-state index contributed by atoms with van der Waals surface area (Å²) in [5.41, 5.74) is 2.49. The molecule has 126 valence electrons. The number of rotatable bonds is 6. The lowest BCUT2D eigenvalue weighted by Gasteiger charge is -2.08. The maximum Gasteiger partial charge on any atom is 0.338 e. The monoisotopic (exact) mass is 326 g/mol. The zero-order chi connectivity index (χ0) is 17.5. The average molecular weight is 326 g/mol. The van der Waals surface area contributed by atoms with Crippen LogP contribution >= 0.6 is 0 Å². The van der Waals surface area contributed by atoms with Crippen molar-refractivity contribution < 1.29 is 19.1 Å². The van der Waals surface area contributed by atoms with E-state index >= 15 is 0 Å². The third-order valence-corrected chi connectivity index (χ3v) is 3.50. The molecule has 4 nitrogen and oxygen atoms in total. The minimum atomic E-state index is -0.344. The van der Waals surface area contributed by atoms with Gasteiger partial charge < -0.3 is 9.47 Å². The number of esters is 2. The Bertz CT molecular complexity index is 685. The summed E-state index contributed by atoms with van der Waals surface area (Å²) >= 11 is 0. The Labute approximate surface area is 142 Å². The summed E-state index contributed by atoms with van der Waals surface area (Å²) in [6.07, 6.45) is 0.860. The van der Waals surface area contributed by atoms with Crippen LogP contribution in [-0.4, -0.2) is 18.5 Å². The highest BCUT2D eigenvalue weighted by Gasteiger charge is 2.08. The standard InChI is InChI=1S/C20H22O4/c1-14(2)12-13-23-20(22)18-6-4-16(5-7-18)17-8-10-19(11-9-17)24-15(3)21/h4-11,14H,12-13H2,1-3H3. The highest BCUT2D eigenvalue weighted by Crippen LogP contribution is 2.23. The number of carbonyl (C=O) groups excluding carboxylic acids is 2. The maximum atomic E-state index is 12.0. The molecule has 0 unspecified atom stereocenters. The molecule has 24 heavy (non-hydrogen) atoms. The Morgan fingerprint density at radius 3 is 1.96 bits per heavy atom. The predicted molar refractivity (Wildman–Crippen MR) is 92.9 cm³/mol. The van der Waals surface area contributed by atoms with Gasteiger partial charge in [-0.05, 0) is 47.7 Å². The van der Waals surface area contributed by atoms with Crippen molar-refractivity contribution in [2.24, 2.45) is 5.92 Å². The topological polar surface area (TPSA) is 52.6 Å². The lowest BCUT2D eigenvalue weighted by molar-refractivity contribution is -0.131. The van der Waals surface area contributed by atoms with Gasteiger partial charge in [0.25, 0.3) is 0 Å². The highest BCUT2D eigenvalue weighted by atomic mass is 16.5. The Kier molecular flexibility index (Phi) is 6.13. The fourth-order valence-corrected chi connectivity index (χ4v) is 2.15. The quantitative estimate of drug-likeness (QED) is 0.580. The van der Waals surface area contributed by atoms with Crippen molar-refractivity contribution in [1.82, 2.24) is 0 Å². The van der Waals surface area contributed by atoms with Crippen LogP contribution in [0.2, 0.25) is 0 Å². The van der Waals surface area contributed by atoms with E-state index in [1.54, 1.807) is 24.3 Å². The smallest absolute Gasteiger partial charge is 0.338 e. The van der Waals surface area contributed by atoms with E-state index in [4.69, 9.17) is 9.47 Å². The van der Waals surface area contributed by atoms with E-state index in [2.05, 4.69) is 13.8 Å². The van der Waals surface area contributed by atoms with Gasteiger partial charge in [0.1, 0.15) is 5.75 Å². The molecule has 0 saturated heterocycles. The van der Waals surface area contributed by atoms with Crippen molar-refractivity contribution in [3.63, 3.8) is 0 Å². The van der Waals surface area contributed by atoms with Crippen LogP contribution < -0.4 is 4.74 Å². The molecule has 0 amide bonds. The van der Waals surface area contributed by atoms with E-state index < -0.39 is 0 Å². The lowest BCUT2D eigenvalue weighted by Crippen LogP contribution is -2.07. The molecule has 0 atom stereocenters. The van der Waals surface area contributed by atoms with Crippen LogP contribution in [-0.2, 0) is 9.53 Å². The number of carbonyl (C=O) groups is 2.